The quantitative estimate of drug-likeness (QED) is 0.172. The Bertz CT molecular complexity index is 3460. The summed E-state index contributed by atoms with van der Waals surface area (Å²) < 4.78 is 4.83. The fourth-order valence-corrected chi connectivity index (χ4v) is 9.27. The van der Waals surface area contributed by atoms with E-state index in [1.165, 1.54) is 70.7 Å². The molecule has 0 amide bonds. The van der Waals surface area contributed by atoms with Crippen molar-refractivity contribution < 1.29 is 0 Å². The smallest absolute Gasteiger partial charge is 0.0721 e. The van der Waals surface area contributed by atoms with Gasteiger partial charge in [-0.15, -0.1) is 0 Å². The highest BCUT2D eigenvalue weighted by atomic mass is 15.0. The van der Waals surface area contributed by atoms with Crippen LogP contribution in [0.15, 0.2) is 212 Å². The molecule has 0 atom stereocenters. The van der Waals surface area contributed by atoms with E-state index in [1.807, 2.05) is 0 Å². The van der Waals surface area contributed by atoms with Crippen molar-refractivity contribution in [2.45, 2.75) is 0 Å². The molecule has 0 unspecified atom stereocenters. The Labute approximate surface area is 335 Å². The molecule has 0 saturated heterocycles. The van der Waals surface area contributed by atoms with E-state index in [-0.39, 0.29) is 0 Å². The summed E-state index contributed by atoms with van der Waals surface area (Å²) in [6.07, 6.45) is 0. The maximum Gasteiger partial charge on any atom is 0.0721 e. The van der Waals surface area contributed by atoms with Gasteiger partial charge in [-0.1, -0.05) is 152 Å². The van der Waals surface area contributed by atoms with E-state index in [9.17, 15) is 0 Å². The van der Waals surface area contributed by atoms with Crippen LogP contribution < -0.4 is 0 Å². The fraction of sp³-hybridized carbons (Fsp3) is 0. The van der Waals surface area contributed by atoms with Gasteiger partial charge in [0.25, 0.3) is 0 Å². The molecule has 0 aliphatic rings. The minimum atomic E-state index is 0.933. The van der Waals surface area contributed by atoms with E-state index >= 15 is 0 Å². The normalized spacial score (nSPS) is 11.8. The van der Waals surface area contributed by atoms with Gasteiger partial charge >= 0.3 is 0 Å². The SMILES string of the molecule is c1ccc(-n2c3ccccc3c3cc4c5ccccc5n(-c5cccc(-c6cc(-c7cccc8ccccc78)cc(-c7cccc8ccccc78)n6)c5)c4cc32)cc1. The van der Waals surface area contributed by atoms with Gasteiger partial charge in [-0.05, 0) is 93.3 Å². The van der Waals surface area contributed by atoms with Crippen LogP contribution in [0.3, 0.4) is 0 Å². The highest BCUT2D eigenvalue weighted by molar-refractivity contribution is 6.19. The van der Waals surface area contributed by atoms with Crippen LogP contribution in [-0.2, 0) is 0 Å². The van der Waals surface area contributed by atoms with Crippen molar-refractivity contribution >= 4 is 65.2 Å². The Morgan fingerprint density at radius 2 is 0.776 bits per heavy atom. The van der Waals surface area contributed by atoms with Gasteiger partial charge in [-0.25, -0.2) is 4.98 Å². The Balaban J connectivity index is 1.11. The van der Waals surface area contributed by atoms with Gasteiger partial charge in [0, 0.05) is 44.0 Å². The first-order valence-corrected chi connectivity index (χ1v) is 19.9. The lowest BCUT2D eigenvalue weighted by atomic mass is 9.94. The van der Waals surface area contributed by atoms with Crippen LogP contribution in [0.1, 0.15) is 0 Å². The highest BCUT2D eigenvalue weighted by Crippen LogP contribution is 2.41. The molecule has 3 heterocycles. The van der Waals surface area contributed by atoms with Crippen molar-refractivity contribution in [2.75, 3.05) is 0 Å². The summed E-state index contributed by atoms with van der Waals surface area (Å²) in [7, 11) is 0. The minimum absolute atomic E-state index is 0.933. The Kier molecular flexibility index (Phi) is 7.23. The van der Waals surface area contributed by atoms with E-state index in [2.05, 4.69) is 221 Å². The molecule has 3 heteroatoms. The van der Waals surface area contributed by atoms with E-state index in [0.29, 0.717) is 0 Å². The Hall–Kier alpha value is -7.75. The Morgan fingerprint density at radius 1 is 0.276 bits per heavy atom. The number of hydrogen-bond donors (Lipinski definition) is 0. The lowest BCUT2D eigenvalue weighted by Crippen LogP contribution is -1.97. The average molecular weight is 738 g/mol. The summed E-state index contributed by atoms with van der Waals surface area (Å²) >= 11 is 0. The van der Waals surface area contributed by atoms with Crippen molar-refractivity contribution in [2.24, 2.45) is 0 Å². The molecule has 9 aromatic carbocycles. The molecule has 3 aromatic heterocycles. The van der Waals surface area contributed by atoms with Crippen LogP contribution in [0.4, 0.5) is 0 Å². The summed E-state index contributed by atoms with van der Waals surface area (Å²) in [6, 6.07) is 76.8. The molecule has 270 valence electrons. The van der Waals surface area contributed by atoms with E-state index in [4.69, 9.17) is 4.98 Å². The van der Waals surface area contributed by atoms with Gasteiger partial charge in [0.2, 0.25) is 0 Å². The van der Waals surface area contributed by atoms with Crippen molar-refractivity contribution in [1.82, 2.24) is 14.1 Å². The van der Waals surface area contributed by atoms with E-state index in [0.717, 1.165) is 39.5 Å². The second-order valence-electron chi connectivity index (χ2n) is 15.2. The third-order valence-electron chi connectivity index (χ3n) is 11.9. The largest absolute Gasteiger partial charge is 0.309 e. The number of rotatable bonds is 5. The number of pyridine rings is 1. The summed E-state index contributed by atoms with van der Waals surface area (Å²) in [5.74, 6) is 0. The van der Waals surface area contributed by atoms with Gasteiger partial charge in [-0.3, -0.25) is 0 Å². The standard InChI is InChI=1S/C55H35N3/c1-2-20-40(21-3-1)57-52-29-10-8-25-46(52)48-34-49-47-26-9-11-30-53(47)58(55(49)35-54(48)57)41-22-12-19-38(31-41)50-32-39(44-27-13-17-36-15-4-6-23-42(36)44)33-51(56-50)45-28-14-18-37-16-5-7-24-43(37)45/h1-35H. The second-order valence-corrected chi connectivity index (χ2v) is 15.2. The predicted molar refractivity (Wildman–Crippen MR) is 244 cm³/mol. The van der Waals surface area contributed by atoms with E-state index < -0.39 is 0 Å². The lowest BCUT2D eigenvalue weighted by Gasteiger charge is -2.15. The number of fused-ring (bicyclic) bond motifs is 8. The summed E-state index contributed by atoms with van der Waals surface area (Å²) in [5.41, 5.74) is 13.4. The zero-order valence-corrected chi connectivity index (χ0v) is 31.5. The van der Waals surface area contributed by atoms with Crippen LogP contribution >= 0.6 is 0 Å². The number of hydrogen-bond acceptors (Lipinski definition) is 1. The second kappa shape index (κ2) is 12.9. The number of benzene rings is 9. The third kappa shape index (κ3) is 5.04. The monoisotopic (exact) mass is 737 g/mol. The number of aromatic nitrogens is 3. The zero-order valence-electron chi connectivity index (χ0n) is 31.5. The average Bonchev–Trinajstić information content (AvgIpc) is 3.80. The zero-order chi connectivity index (χ0) is 38.2. The van der Waals surface area contributed by atoms with Crippen molar-refractivity contribution in [3.05, 3.63) is 212 Å². The molecule has 0 saturated carbocycles. The van der Waals surface area contributed by atoms with Crippen molar-refractivity contribution in [3.8, 4) is 45.0 Å². The molecule has 12 rings (SSSR count). The molecule has 0 N–H and O–H groups in total. The first-order valence-electron chi connectivity index (χ1n) is 19.9. The summed E-state index contributed by atoms with van der Waals surface area (Å²) in [4.78, 5) is 5.47. The minimum Gasteiger partial charge on any atom is -0.309 e. The van der Waals surface area contributed by atoms with Crippen LogP contribution in [0.2, 0.25) is 0 Å². The maximum atomic E-state index is 5.47. The third-order valence-corrected chi connectivity index (χ3v) is 11.9. The molecule has 0 aliphatic heterocycles. The molecular weight excluding hydrogens is 703 g/mol. The first-order chi connectivity index (χ1) is 28.8. The molecule has 58 heavy (non-hydrogen) atoms. The molecule has 0 aliphatic carbocycles. The van der Waals surface area contributed by atoms with Gasteiger partial charge in [0.05, 0.1) is 33.5 Å². The predicted octanol–water partition coefficient (Wildman–Crippen LogP) is 14.6. The van der Waals surface area contributed by atoms with Crippen molar-refractivity contribution in [1.29, 1.82) is 0 Å². The molecule has 0 radical (unpaired) electrons. The molecular formula is C55H35N3. The number of para-hydroxylation sites is 3. The molecule has 12 aromatic rings. The summed E-state index contributed by atoms with van der Waals surface area (Å²) in [6.45, 7) is 0. The van der Waals surface area contributed by atoms with Crippen LogP contribution in [0.5, 0.6) is 0 Å². The van der Waals surface area contributed by atoms with E-state index in [1.54, 1.807) is 0 Å². The lowest BCUT2D eigenvalue weighted by molar-refractivity contribution is 1.16. The Morgan fingerprint density at radius 3 is 1.47 bits per heavy atom. The molecule has 3 nitrogen and oxygen atoms in total. The topological polar surface area (TPSA) is 22.8 Å². The van der Waals surface area contributed by atoms with Crippen LogP contribution in [0.25, 0.3) is 110 Å². The van der Waals surface area contributed by atoms with Gasteiger partial charge in [0.1, 0.15) is 0 Å². The highest BCUT2D eigenvalue weighted by Gasteiger charge is 2.19. The first kappa shape index (κ1) is 32.5. The maximum absolute atomic E-state index is 5.47. The fourth-order valence-electron chi connectivity index (χ4n) is 9.27. The van der Waals surface area contributed by atoms with Crippen molar-refractivity contribution in [3.63, 3.8) is 0 Å². The molecule has 0 bridgehead atoms. The van der Waals surface area contributed by atoms with Gasteiger partial charge in [-0.2, -0.15) is 0 Å². The number of nitrogens with zero attached hydrogens (tertiary/aromatic N) is 3. The summed E-state index contributed by atoms with van der Waals surface area (Å²) in [5, 5.41) is 9.81. The van der Waals surface area contributed by atoms with Gasteiger partial charge in [0.15, 0.2) is 0 Å². The van der Waals surface area contributed by atoms with Gasteiger partial charge < -0.3 is 9.13 Å². The molecule has 0 spiro atoms. The molecule has 0 fully saturated rings. The van der Waals surface area contributed by atoms with Crippen LogP contribution in [0, 0.1) is 0 Å². The van der Waals surface area contributed by atoms with Crippen LogP contribution in [-0.4, -0.2) is 14.1 Å².